The van der Waals surface area contributed by atoms with Gasteiger partial charge in [0.25, 0.3) is 0 Å². The number of nitriles is 1. The summed E-state index contributed by atoms with van der Waals surface area (Å²) in [5.41, 5.74) is 1.37. The van der Waals surface area contributed by atoms with E-state index < -0.39 is 10.2 Å². The summed E-state index contributed by atoms with van der Waals surface area (Å²) in [7, 11) is -0.210. The summed E-state index contributed by atoms with van der Waals surface area (Å²) < 4.78 is 34.7. The van der Waals surface area contributed by atoms with Crippen LogP contribution >= 0.6 is 0 Å². The van der Waals surface area contributed by atoms with Crippen LogP contribution in [0.25, 0.3) is 0 Å². The van der Waals surface area contributed by atoms with Crippen molar-refractivity contribution in [1.82, 2.24) is 4.90 Å². The minimum atomic E-state index is -3.79. The lowest BCUT2D eigenvalue weighted by atomic mass is 10.2. The molecule has 0 unspecified atom stereocenters. The van der Waals surface area contributed by atoms with Crippen molar-refractivity contribution in [2.24, 2.45) is 0 Å². The van der Waals surface area contributed by atoms with E-state index >= 15 is 0 Å². The Morgan fingerprint density at radius 1 is 1.03 bits per heavy atom. The molecule has 32 heavy (non-hydrogen) atoms. The molecule has 0 radical (unpaired) electrons. The van der Waals surface area contributed by atoms with Crippen molar-refractivity contribution in [1.29, 1.82) is 5.26 Å². The topological polar surface area (TPSA) is 85.7 Å². The Balaban J connectivity index is 1.77. The predicted octanol–water partition coefficient (Wildman–Crippen LogP) is 4.41. The van der Waals surface area contributed by atoms with E-state index in [1.807, 2.05) is 12.1 Å². The second kappa shape index (κ2) is 12.7. The van der Waals surface area contributed by atoms with Crippen LogP contribution in [0.2, 0.25) is 0 Å². The summed E-state index contributed by atoms with van der Waals surface area (Å²) in [4.78, 5) is 2.25. The van der Waals surface area contributed by atoms with Crippen molar-refractivity contribution in [2.75, 3.05) is 42.8 Å². The van der Waals surface area contributed by atoms with Gasteiger partial charge in [-0.3, -0.25) is 9.03 Å². The van der Waals surface area contributed by atoms with E-state index in [0.29, 0.717) is 29.3 Å². The second-order valence-corrected chi connectivity index (χ2v) is 9.27. The van der Waals surface area contributed by atoms with Gasteiger partial charge in [0, 0.05) is 13.6 Å². The molecule has 0 aliphatic heterocycles. The van der Waals surface area contributed by atoms with Crippen LogP contribution in [-0.2, 0) is 10.2 Å². The van der Waals surface area contributed by atoms with E-state index in [1.54, 1.807) is 48.5 Å². The zero-order valence-electron chi connectivity index (χ0n) is 18.8. The van der Waals surface area contributed by atoms with Crippen molar-refractivity contribution in [3.8, 4) is 11.8 Å². The molecule has 0 atom stereocenters. The summed E-state index contributed by atoms with van der Waals surface area (Å²) in [5, 5.41) is 8.85. The molecule has 0 spiro atoms. The molecule has 8 heteroatoms. The normalized spacial score (nSPS) is 11.1. The van der Waals surface area contributed by atoms with Crippen molar-refractivity contribution < 1.29 is 13.2 Å². The third-order valence-electron chi connectivity index (χ3n) is 4.97. The molecule has 0 fully saturated rings. The smallest absolute Gasteiger partial charge is 0.323 e. The molecule has 2 rings (SSSR count). The van der Waals surface area contributed by atoms with E-state index in [-0.39, 0.29) is 0 Å². The molecule has 172 valence electrons. The van der Waals surface area contributed by atoms with Crippen LogP contribution in [0.1, 0.15) is 31.2 Å². The zero-order chi connectivity index (χ0) is 23.4. The van der Waals surface area contributed by atoms with Crippen LogP contribution in [0.15, 0.2) is 61.2 Å². The molecule has 0 heterocycles. The molecule has 0 aliphatic rings. The number of ether oxygens (including phenoxy) is 1. The van der Waals surface area contributed by atoms with Gasteiger partial charge < -0.3 is 9.64 Å². The minimum Gasteiger partial charge on any atom is -0.494 e. The zero-order valence-corrected chi connectivity index (χ0v) is 19.6. The van der Waals surface area contributed by atoms with E-state index in [4.69, 9.17) is 10.00 Å². The fourth-order valence-electron chi connectivity index (χ4n) is 3.06. The Labute approximate surface area is 192 Å². The van der Waals surface area contributed by atoms with E-state index in [9.17, 15) is 8.42 Å². The number of hydrogen-bond acceptors (Lipinski definition) is 5. The average Bonchev–Trinajstić information content (AvgIpc) is 2.79. The highest BCUT2D eigenvalue weighted by atomic mass is 32.2. The first-order valence-corrected chi connectivity index (χ1v) is 12.1. The van der Waals surface area contributed by atoms with Gasteiger partial charge in [-0.05, 0) is 75.0 Å². The number of likely N-dealkylation sites (N-methyl/N-ethyl adjacent to an activating group) is 1. The number of nitrogens with one attached hydrogen (secondary N) is 1. The van der Waals surface area contributed by atoms with Gasteiger partial charge in [0.05, 0.1) is 29.6 Å². The van der Waals surface area contributed by atoms with Gasteiger partial charge in [-0.25, -0.2) is 0 Å². The summed E-state index contributed by atoms with van der Waals surface area (Å²) in [6, 6.07) is 15.2. The van der Waals surface area contributed by atoms with Gasteiger partial charge in [-0.1, -0.05) is 18.9 Å². The molecule has 0 bridgehead atoms. The monoisotopic (exact) mass is 456 g/mol. The number of anilines is 2. The lowest BCUT2D eigenvalue weighted by Gasteiger charge is -2.20. The van der Waals surface area contributed by atoms with Crippen LogP contribution in [0, 0.1) is 11.3 Å². The summed E-state index contributed by atoms with van der Waals surface area (Å²) in [6.45, 7) is 6.37. The van der Waals surface area contributed by atoms with Crippen LogP contribution in [-0.4, -0.2) is 47.1 Å². The summed E-state index contributed by atoms with van der Waals surface area (Å²) in [5.74, 6) is 0.713. The Bertz CT molecular complexity index is 983. The standard InChI is InChI=1S/C24H32N4O3S/c1-4-17-27(2)18-7-5-6-8-19-31-24-15-13-23(14-16-24)28(3)32(29,30)26-22-11-9-21(20-25)10-12-22/h4,9-16,26H,1,5-8,17-19H2,2-3H3. The maximum absolute atomic E-state index is 12.6. The predicted molar refractivity (Wildman–Crippen MR) is 130 cm³/mol. The largest absolute Gasteiger partial charge is 0.494 e. The van der Waals surface area contributed by atoms with Crippen molar-refractivity contribution in [3.63, 3.8) is 0 Å². The summed E-state index contributed by atoms with van der Waals surface area (Å²) >= 11 is 0. The Kier molecular flexibility index (Phi) is 10.1. The van der Waals surface area contributed by atoms with Crippen molar-refractivity contribution in [3.05, 3.63) is 66.7 Å². The summed E-state index contributed by atoms with van der Waals surface area (Å²) in [6.07, 6.45) is 6.34. The van der Waals surface area contributed by atoms with E-state index in [2.05, 4.69) is 23.2 Å². The Hall–Kier alpha value is -3.02. The highest BCUT2D eigenvalue weighted by Gasteiger charge is 2.18. The molecule has 0 saturated heterocycles. The van der Waals surface area contributed by atoms with Gasteiger partial charge in [0.15, 0.2) is 0 Å². The molecule has 0 aromatic heterocycles. The van der Waals surface area contributed by atoms with E-state index in [0.717, 1.165) is 32.4 Å². The lowest BCUT2D eigenvalue weighted by Crippen LogP contribution is -2.32. The highest BCUT2D eigenvalue weighted by molar-refractivity contribution is 7.94. The second-order valence-electron chi connectivity index (χ2n) is 7.57. The number of hydrogen-bond donors (Lipinski definition) is 1. The SMILES string of the molecule is C=CCN(C)CCCCCCOc1ccc(N(C)S(=O)(=O)Nc2ccc(C#N)cc2)cc1. The molecule has 1 N–H and O–H groups in total. The first-order valence-electron chi connectivity index (χ1n) is 10.6. The highest BCUT2D eigenvalue weighted by Crippen LogP contribution is 2.22. The van der Waals surface area contributed by atoms with Crippen molar-refractivity contribution in [2.45, 2.75) is 25.7 Å². The molecule has 2 aromatic rings. The molecule has 0 amide bonds. The van der Waals surface area contributed by atoms with Crippen LogP contribution in [0.5, 0.6) is 5.75 Å². The first kappa shape index (κ1) is 25.2. The molecule has 0 aliphatic carbocycles. The molecule has 7 nitrogen and oxygen atoms in total. The number of rotatable bonds is 14. The van der Waals surface area contributed by atoms with Gasteiger partial charge in [0.2, 0.25) is 0 Å². The number of benzene rings is 2. The fraction of sp³-hybridized carbons (Fsp3) is 0.375. The van der Waals surface area contributed by atoms with Crippen molar-refractivity contribution >= 4 is 21.6 Å². The van der Waals surface area contributed by atoms with Gasteiger partial charge in [-0.15, -0.1) is 6.58 Å². The Morgan fingerprint density at radius 3 is 2.31 bits per heavy atom. The minimum absolute atomic E-state index is 0.392. The Morgan fingerprint density at radius 2 is 1.69 bits per heavy atom. The molecular formula is C24H32N4O3S. The molecular weight excluding hydrogens is 424 g/mol. The van der Waals surface area contributed by atoms with Crippen LogP contribution < -0.4 is 13.8 Å². The fourth-order valence-corrected chi connectivity index (χ4v) is 4.03. The molecule has 2 aromatic carbocycles. The lowest BCUT2D eigenvalue weighted by molar-refractivity contribution is 0.300. The van der Waals surface area contributed by atoms with Gasteiger partial charge >= 0.3 is 10.2 Å². The number of nitrogens with zero attached hydrogens (tertiary/aromatic N) is 3. The van der Waals surface area contributed by atoms with E-state index in [1.165, 1.54) is 17.8 Å². The first-order chi connectivity index (χ1) is 15.4. The quantitative estimate of drug-likeness (QED) is 0.336. The van der Waals surface area contributed by atoms with Gasteiger partial charge in [0.1, 0.15) is 5.75 Å². The van der Waals surface area contributed by atoms with Crippen LogP contribution in [0.3, 0.4) is 0 Å². The number of unbranched alkanes of at least 4 members (excludes halogenated alkanes) is 3. The van der Waals surface area contributed by atoms with Gasteiger partial charge in [-0.2, -0.15) is 13.7 Å². The maximum Gasteiger partial charge on any atom is 0.323 e. The third kappa shape index (κ3) is 8.25. The van der Waals surface area contributed by atoms with Crippen LogP contribution in [0.4, 0.5) is 11.4 Å². The third-order valence-corrected chi connectivity index (χ3v) is 6.39. The average molecular weight is 457 g/mol. The maximum atomic E-state index is 12.6. The molecule has 0 saturated carbocycles.